The molecule has 1 fully saturated rings. The molecule has 146 valence electrons. The van der Waals surface area contributed by atoms with Crippen molar-refractivity contribution < 1.29 is 9.53 Å². The Labute approximate surface area is 158 Å². The van der Waals surface area contributed by atoms with Crippen LogP contribution in [0.15, 0.2) is 24.3 Å². The Morgan fingerprint density at radius 3 is 2.23 bits per heavy atom. The molecule has 0 aromatic heterocycles. The number of amides is 1. The number of carbonyl (C=O) groups excluding carboxylic acids is 1. The van der Waals surface area contributed by atoms with Gasteiger partial charge >= 0.3 is 0 Å². The summed E-state index contributed by atoms with van der Waals surface area (Å²) in [6, 6.07) is 8.27. The number of nitrogens with one attached hydrogen (secondary N) is 1. The quantitative estimate of drug-likeness (QED) is 0.695. The lowest BCUT2D eigenvalue weighted by molar-refractivity contribution is -0.125. The second-order valence-corrected chi connectivity index (χ2v) is 7.09. The zero-order valence-corrected chi connectivity index (χ0v) is 16.7. The molecule has 0 spiro atoms. The fourth-order valence-corrected chi connectivity index (χ4v) is 3.61. The predicted molar refractivity (Wildman–Crippen MR) is 108 cm³/mol. The van der Waals surface area contributed by atoms with Gasteiger partial charge in [0.25, 0.3) is 0 Å². The molecule has 5 heteroatoms. The van der Waals surface area contributed by atoms with Crippen molar-refractivity contribution in [3.05, 3.63) is 24.3 Å². The molecule has 2 rings (SSSR count). The van der Waals surface area contributed by atoms with E-state index in [0.717, 1.165) is 70.7 Å². The van der Waals surface area contributed by atoms with E-state index in [4.69, 9.17) is 4.74 Å². The second kappa shape index (κ2) is 11.1. The van der Waals surface area contributed by atoms with Crippen molar-refractivity contribution in [3.63, 3.8) is 0 Å². The summed E-state index contributed by atoms with van der Waals surface area (Å²) in [5, 5.41) is 3.15. The normalized spacial score (nSPS) is 15.3. The van der Waals surface area contributed by atoms with Crippen LogP contribution in [-0.4, -0.2) is 57.2 Å². The average molecular weight is 362 g/mol. The Balaban J connectivity index is 1.69. The number of benzene rings is 1. The van der Waals surface area contributed by atoms with Crippen molar-refractivity contribution in [2.45, 2.75) is 39.5 Å². The van der Waals surface area contributed by atoms with E-state index in [1.807, 2.05) is 12.1 Å². The lowest BCUT2D eigenvalue weighted by atomic mass is 9.97. The highest BCUT2D eigenvalue weighted by Gasteiger charge is 2.19. The lowest BCUT2D eigenvalue weighted by Gasteiger charge is -2.36. The molecule has 0 atom stereocenters. The minimum absolute atomic E-state index is 0.192. The van der Waals surface area contributed by atoms with Gasteiger partial charge in [0.1, 0.15) is 5.75 Å². The third kappa shape index (κ3) is 6.20. The van der Waals surface area contributed by atoms with Crippen molar-refractivity contribution in [2.75, 3.05) is 51.3 Å². The molecule has 0 aliphatic carbocycles. The highest BCUT2D eigenvalue weighted by atomic mass is 16.5. The fraction of sp³-hybridized carbons (Fsp3) is 0.667. The summed E-state index contributed by atoms with van der Waals surface area (Å²) >= 11 is 0. The van der Waals surface area contributed by atoms with Crippen LogP contribution in [0.2, 0.25) is 0 Å². The number of ether oxygens (including phenoxy) is 1. The Kier molecular flexibility index (Phi) is 8.75. The molecule has 1 aromatic carbocycles. The molecule has 5 nitrogen and oxygen atoms in total. The van der Waals surface area contributed by atoms with E-state index >= 15 is 0 Å². The first-order chi connectivity index (χ1) is 12.7. The molecule has 0 bridgehead atoms. The summed E-state index contributed by atoms with van der Waals surface area (Å²) in [6.45, 7) is 10.1. The second-order valence-electron chi connectivity index (χ2n) is 7.09. The lowest BCUT2D eigenvalue weighted by Crippen LogP contribution is -2.48. The molecule has 1 aromatic rings. The fourth-order valence-electron chi connectivity index (χ4n) is 3.61. The Morgan fingerprint density at radius 2 is 1.69 bits per heavy atom. The molecule has 1 saturated heterocycles. The number of hydrogen-bond donors (Lipinski definition) is 1. The standard InChI is InChI=1S/C21H35N3O2/c1-4-6-18(7-5-2)21(25)22-12-13-23-14-16-24(17-15-23)19-8-10-20(26-3)11-9-19/h8-11,18H,4-7,12-17H2,1-3H3,(H,22,25). The van der Waals surface area contributed by atoms with Crippen molar-refractivity contribution >= 4 is 11.6 Å². The van der Waals surface area contributed by atoms with Gasteiger partial charge in [0.2, 0.25) is 5.91 Å². The van der Waals surface area contributed by atoms with Crippen LogP contribution in [0.1, 0.15) is 39.5 Å². The van der Waals surface area contributed by atoms with E-state index in [1.165, 1.54) is 5.69 Å². The number of hydrogen-bond acceptors (Lipinski definition) is 4. The van der Waals surface area contributed by atoms with Gasteiger partial charge in [-0.3, -0.25) is 9.69 Å². The van der Waals surface area contributed by atoms with E-state index in [2.05, 4.69) is 41.1 Å². The van der Waals surface area contributed by atoms with Gasteiger partial charge in [-0.15, -0.1) is 0 Å². The number of nitrogens with zero attached hydrogens (tertiary/aromatic N) is 2. The van der Waals surface area contributed by atoms with Gasteiger partial charge in [0, 0.05) is 50.9 Å². The van der Waals surface area contributed by atoms with Crippen LogP contribution in [0, 0.1) is 5.92 Å². The zero-order chi connectivity index (χ0) is 18.8. The molecular weight excluding hydrogens is 326 g/mol. The Bertz CT molecular complexity index is 519. The van der Waals surface area contributed by atoms with Gasteiger partial charge in [-0.1, -0.05) is 26.7 Å². The molecule has 1 heterocycles. The first kappa shape index (κ1) is 20.6. The summed E-state index contributed by atoms with van der Waals surface area (Å²) in [5.74, 6) is 1.33. The molecule has 1 N–H and O–H groups in total. The third-order valence-corrected chi connectivity index (χ3v) is 5.18. The number of rotatable bonds is 10. The third-order valence-electron chi connectivity index (χ3n) is 5.18. The predicted octanol–water partition coefficient (Wildman–Crippen LogP) is 3.15. The van der Waals surface area contributed by atoms with E-state index in [1.54, 1.807) is 7.11 Å². The van der Waals surface area contributed by atoms with Crippen LogP contribution in [0.25, 0.3) is 0 Å². The van der Waals surface area contributed by atoms with Gasteiger partial charge in [-0.25, -0.2) is 0 Å². The van der Waals surface area contributed by atoms with Crippen LogP contribution >= 0.6 is 0 Å². The van der Waals surface area contributed by atoms with Crippen LogP contribution in [-0.2, 0) is 4.79 Å². The van der Waals surface area contributed by atoms with E-state index in [-0.39, 0.29) is 11.8 Å². The number of methoxy groups -OCH3 is 1. The molecule has 26 heavy (non-hydrogen) atoms. The van der Waals surface area contributed by atoms with Crippen molar-refractivity contribution in [3.8, 4) is 5.75 Å². The van der Waals surface area contributed by atoms with Crippen molar-refractivity contribution in [1.82, 2.24) is 10.2 Å². The summed E-state index contributed by atoms with van der Waals surface area (Å²) in [6.07, 6.45) is 4.15. The maximum Gasteiger partial charge on any atom is 0.223 e. The highest BCUT2D eigenvalue weighted by Crippen LogP contribution is 2.20. The van der Waals surface area contributed by atoms with Gasteiger partial charge in [0.15, 0.2) is 0 Å². The van der Waals surface area contributed by atoms with Gasteiger partial charge < -0.3 is 15.0 Å². The van der Waals surface area contributed by atoms with Gasteiger partial charge in [0.05, 0.1) is 7.11 Å². The first-order valence-corrected chi connectivity index (χ1v) is 10.1. The number of anilines is 1. The van der Waals surface area contributed by atoms with E-state index in [9.17, 15) is 4.79 Å². The summed E-state index contributed by atoms with van der Waals surface area (Å²) in [5.41, 5.74) is 1.25. The van der Waals surface area contributed by atoms with Gasteiger partial charge in [-0.05, 0) is 37.1 Å². The first-order valence-electron chi connectivity index (χ1n) is 10.1. The zero-order valence-electron chi connectivity index (χ0n) is 16.7. The minimum Gasteiger partial charge on any atom is -0.497 e. The average Bonchev–Trinajstić information content (AvgIpc) is 2.68. The Hall–Kier alpha value is -1.75. The summed E-state index contributed by atoms with van der Waals surface area (Å²) < 4.78 is 5.22. The molecule has 0 saturated carbocycles. The highest BCUT2D eigenvalue weighted by molar-refractivity contribution is 5.78. The molecule has 1 aliphatic rings. The van der Waals surface area contributed by atoms with E-state index in [0.29, 0.717) is 0 Å². The maximum absolute atomic E-state index is 12.3. The van der Waals surface area contributed by atoms with Gasteiger partial charge in [-0.2, -0.15) is 0 Å². The maximum atomic E-state index is 12.3. The van der Waals surface area contributed by atoms with Crippen molar-refractivity contribution in [1.29, 1.82) is 0 Å². The smallest absolute Gasteiger partial charge is 0.223 e. The van der Waals surface area contributed by atoms with Crippen LogP contribution < -0.4 is 15.0 Å². The minimum atomic E-state index is 0.192. The largest absolute Gasteiger partial charge is 0.497 e. The summed E-state index contributed by atoms with van der Waals surface area (Å²) in [7, 11) is 1.69. The topological polar surface area (TPSA) is 44.8 Å². The van der Waals surface area contributed by atoms with Crippen LogP contribution in [0.3, 0.4) is 0 Å². The molecule has 1 aliphatic heterocycles. The molecule has 0 radical (unpaired) electrons. The number of piperazine rings is 1. The SMILES string of the molecule is CCCC(CCC)C(=O)NCCN1CCN(c2ccc(OC)cc2)CC1. The molecular formula is C21H35N3O2. The molecule has 1 amide bonds. The summed E-state index contributed by atoms with van der Waals surface area (Å²) in [4.78, 5) is 17.2. The van der Waals surface area contributed by atoms with Crippen LogP contribution in [0.5, 0.6) is 5.75 Å². The number of carbonyl (C=O) groups is 1. The van der Waals surface area contributed by atoms with Crippen LogP contribution in [0.4, 0.5) is 5.69 Å². The molecule has 0 unspecified atom stereocenters. The Morgan fingerprint density at radius 1 is 1.08 bits per heavy atom. The van der Waals surface area contributed by atoms with E-state index < -0.39 is 0 Å². The van der Waals surface area contributed by atoms with Crippen molar-refractivity contribution in [2.24, 2.45) is 5.92 Å². The monoisotopic (exact) mass is 361 g/mol.